The maximum atomic E-state index is 12.3. The van der Waals surface area contributed by atoms with Gasteiger partial charge in [0.15, 0.2) is 11.5 Å². The quantitative estimate of drug-likeness (QED) is 0.871. The molecule has 0 N–H and O–H groups in total. The maximum absolute atomic E-state index is 12.3. The number of ether oxygens (including phenoxy) is 2. The zero-order valence-corrected chi connectivity index (χ0v) is 13.2. The van der Waals surface area contributed by atoms with E-state index >= 15 is 0 Å². The molecule has 0 atom stereocenters. The third-order valence-corrected chi connectivity index (χ3v) is 4.34. The first-order chi connectivity index (χ1) is 10.7. The van der Waals surface area contributed by atoms with E-state index < -0.39 is 0 Å². The predicted octanol–water partition coefficient (Wildman–Crippen LogP) is 3.02. The number of rotatable bonds is 4. The van der Waals surface area contributed by atoms with E-state index in [1.807, 2.05) is 35.7 Å². The molecule has 3 rings (SSSR count). The van der Waals surface area contributed by atoms with Crippen LogP contribution in [-0.2, 0) is 0 Å². The van der Waals surface area contributed by atoms with Crippen molar-refractivity contribution < 1.29 is 14.3 Å². The molecule has 0 unspecified atom stereocenters. The first kappa shape index (κ1) is 14.6. The number of hydrazone groups is 1. The molecular formula is C16H16N2O3S. The highest BCUT2D eigenvalue weighted by Crippen LogP contribution is 2.29. The van der Waals surface area contributed by atoms with Gasteiger partial charge in [-0.25, -0.2) is 5.01 Å². The van der Waals surface area contributed by atoms with Crippen LogP contribution in [0.5, 0.6) is 11.5 Å². The summed E-state index contributed by atoms with van der Waals surface area (Å²) in [6, 6.07) is 9.35. The Kier molecular flexibility index (Phi) is 4.11. The fourth-order valence-corrected chi connectivity index (χ4v) is 3.02. The molecule has 0 saturated heterocycles. The van der Waals surface area contributed by atoms with E-state index in [2.05, 4.69) is 5.10 Å². The molecule has 114 valence electrons. The van der Waals surface area contributed by atoms with Crippen LogP contribution < -0.4 is 9.47 Å². The zero-order chi connectivity index (χ0) is 15.5. The van der Waals surface area contributed by atoms with Crippen molar-refractivity contribution in [1.29, 1.82) is 0 Å². The van der Waals surface area contributed by atoms with Crippen LogP contribution in [0.3, 0.4) is 0 Å². The van der Waals surface area contributed by atoms with Crippen molar-refractivity contribution in [2.24, 2.45) is 5.10 Å². The summed E-state index contributed by atoms with van der Waals surface area (Å²) in [6.07, 6.45) is 0.729. The topological polar surface area (TPSA) is 51.1 Å². The minimum Gasteiger partial charge on any atom is -0.493 e. The molecule has 1 aromatic carbocycles. The lowest BCUT2D eigenvalue weighted by Crippen LogP contribution is -2.22. The highest BCUT2D eigenvalue weighted by molar-refractivity contribution is 7.12. The smallest absolute Gasteiger partial charge is 0.284 e. The van der Waals surface area contributed by atoms with Crippen molar-refractivity contribution in [3.8, 4) is 11.5 Å². The van der Waals surface area contributed by atoms with Crippen molar-refractivity contribution >= 4 is 23.0 Å². The molecular weight excluding hydrogens is 300 g/mol. The summed E-state index contributed by atoms with van der Waals surface area (Å²) in [5.74, 6) is 1.28. The van der Waals surface area contributed by atoms with Crippen molar-refractivity contribution in [1.82, 2.24) is 5.01 Å². The summed E-state index contributed by atoms with van der Waals surface area (Å²) in [6.45, 7) is 0.598. The van der Waals surface area contributed by atoms with Crippen molar-refractivity contribution in [2.45, 2.75) is 6.42 Å². The van der Waals surface area contributed by atoms with Crippen molar-refractivity contribution in [3.63, 3.8) is 0 Å². The highest BCUT2D eigenvalue weighted by atomic mass is 32.1. The lowest BCUT2D eigenvalue weighted by atomic mass is 10.1. The highest BCUT2D eigenvalue weighted by Gasteiger charge is 2.23. The first-order valence-corrected chi connectivity index (χ1v) is 7.76. The molecule has 1 aliphatic heterocycles. The molecule has 0 bridgehead atoms. The molecule has 1 amide bonds. The van der Waals surface area contributed by atoms with Crippen LogP contribution in [0.4, 0.5) is 0 Å². The molecule has 1 aliphatic rings. The normalized spacial score (nSPS) is 13.9. The second-order valence-electron chi connectivity index (χ2n) is 4.77. The van der Waals surface area contributed by atoms with Crippen LogP contribution >= 0.6 is 11.3 Å². The number of methoxy groups -OCH3 is 2. The van der Waals surface area contributed by atoms with Gasteiger partial charge in [-0.05, 0) is 29.6 Å². The molecule has 5 nitrogen and oxygen atoms in total. The minimum absolute atomic E-state index is 0.0505. The largest absolute Gasteiger partial charge is 0.493 e. The summed E-state index contributed by atoms with van der Waals surface area (Å²) in [4.78, 5) is 13.0. The van der Waals surface area contributed by atoms with Crippen LogP contribution in [0, 0.1) is 0 Å². The Hall–Kier alpha value is -2.34. The fourth-order valence-electron chi connectivity index (χ4n) is 2.35. The van der Waals surface area contributed by atoms with Gasteiger partial charge in [0.25, 0.3) is 5.91 Å². The van der Waals surface area contributed by atoms with E-state index in [0.29, 0.717) is 22.9 Å². The van der Waals surface area contributed by atoms with Crippen LogP contribution in [-0.4, -0.2) is 37.4 Å². The molecule has 6 heteroatoms. The van der Waals surface area contributed by atoms with Crippen LogP contribution in [0.2, 0.25) is 0 Å². The predicted molar refractivity (Wildman–Crippen MR) is 86.1 cm³/mol. The molecule has 0 radical (unpaired) electrons. The summed E-state index contributed by atoms with van der Waals surface area (Å²) in [5, 5.41) is 7.87. The number of carbonyl (C=O) groups is 1. The molecule has 0 spiro atoms. The molecule has 0 saturated carbocycles. The van der Waals surface area contributed by atoms with Gasteiger partial charge in [0, 0.05) is 12.0 Å². The second kappa shape index (κ2) is 6.19. The third kappa shape index (κ3) is 2.69. The van der Waals surface area contributed by atoms with Crippen LogP contribution in [0.15, 0.2) is 40.8 Å². The van der Waals surface area contributed by atoms with Gasteiger partial charge in [-0.2, -0.15) is 5.10 Å². The Bertz CT molecular complexity index is 710. The number of thiophene rings is 1. The molecule has 22 heavy (non-hydrogen) atoms. The van der Waals surface area contributed by atoms with E-state index in [0.717, 1.165) is 17.7 Å². The zero-order valence-electron chi connectivity index (χ0n) is 12.4. The summed E-state index contributed by atoms with van der Waals surface area (Å²) in [7, 11) is 3.21. The van der Waals surface area contributed by atoms with E-state index in [-0.39, 0.29) is 5.91 Å². The first-order valence-electron chi connectivity index (χ1n) is 6.88. The molecule has 0 fully saturated rings. The molecule has 0 aliphatic carbocycles. The minimum atomic E-state index is -0.0505. The summed E-state index contributed by atoms with van der Waals surface area (Å²) < 4.78 is 10.5. The Morgan fingerprint density at radius 1 is 1.23 bits per heavy atom. The van der Waals surface area contributed by atoms with Gasteiger partial charge >= 0.3 is 0 Å². The number of hydrogen-bond acceptors (Lipinski definition) is 5. The van der Waals surface area contributed by atoms with Crippen molar-refractivity contribution in [3.05, 3.63) is 46.2 Å². The van der Waals surface area contributed by atoms with Gasteiger partial charge in [-0.15, -0.1) is 11.3 Å². The summed E-state index contributed by atoms with van der Waals surface area (Å²) in [5.41, 5.74) is 1.82. The standard InChI is InChI=1S/C16H16N2O3S/c1-20-13-6-5-11(10-14(13)21-2)12-7-8-18(17-12)16(19)15-4-3-9-22-15/h3-6,9-10H,7-8H2,1-2H3. The van der Waals surface area contributed by atoms with Gasteiger partial charge in [-0.3, -0.25) is 4.79 Å². The van der Waals surface area contributed by atoms with Crippen molar-refractivity contribution in [2.75, 3.05) is 20.8 Å². The summed E-state index contributed by atoms with van der Waals surface area (Å²) >= 11 is 1.43. The van der Waals surface area contributed by atoms with Gasteiger partial charge in [0.1, 0.15) is 0 Å². The fraction of sp³-hybridized carbons (Fsp3) is 0.250. The number of carbonyl (C=O) groups excluding carboxylic acids is 1. The number of benzene rings is 1. The van der Waals surface area contributed by atoms with Gasteiger partial charge in [0.05, 0.1) is 31.4 Å². The monoisotopic (exact) mass is 316 g/mol. The second-order valence-corrected chi connectivity index (χ2v) is 5.72. The lowest BCUT2D eigenvalue weighted by Gasteiger charge is -2.10. The van der Waals surface area contributed by atoms with Gasteiger partial charge in [-0.1, -0.05) is 6.07 Å². The van der Waals surface area contributed by atoms with E-state index in [4.69, 9.17) is 9.47 Å². The average molecular weight is 316 g/mol. The molecule has 2 aromatic rings. The lowest BCUT2D eigenvalue weighted by molar-refractivity contribution is 0.0783. The van der Waals surface area contributed by atoms with Crippen LogP contribution in [0.25, 0.3) is 0 Å². The Labute approximate surface area is 132 Å². The average Bonchev–Trinajstić information content (AvgIpc) is 3.25. The van der Waals surface area contributed by atoms with Crippen LogP contribution in [0.1, 0.15) is 21.7 Å². The van der Waals surface area contributed by atoms with Gasteiger partial charge < -0.3 is 9.47 Å². The number of amides is 1. The molecule has 1 aromatic heterocycles. The third-order valence-electron chi connectivity index (χ3n) is 3.48. The Morgan fingerprint density at radius 2 is 2.05 bits per heavy atom. The Balaban J connectivity index is 1.84. The van der Waals surface area contributed by atoms with E-state index in [9.17, 15) is 4.79 Å². The molecule has 2 heterocycles. The number of nitrogens with zero attached hydrogens (tertiary/aromatic N) is 2. The van der Waals surface area contributed by atoms with E-state index in [1.165, 1.54) is 16.3 Å². The van der Waals surface area contributed by atoms with Gasteiger partial charge in [0.2, 0.25) is 0 Å². The maximum Gasteiger partial charge on any atom is 0.284 e. The SMILES string of the molecule is COc1ccc(C2=NN(C(=O)c3cccs3)CC2)cc1OC. The Morgan fingerprint density at radius 3 is 2.73 bits per heavy atom. The number of hydrogen-bond donors (Lipinski definition) is 0. The van der Waals surface area contributed by atoms with E-state index in [1.54, 1.807) is 14.2 Å².